The van der Waals surface area contributed by atoms with E-state index >= 15 is 0 Å². The van der Waals surface area contributed by atoms with Crippen molar-refractivity contribution in [1.29, 1.82) is 0 Å². The Hall–Kier alpha value is -6.18. The summed E-state index contributed by atoms with van der Waals surface area (Å²) in [4.78, 5) is 2.36. The molecule has 0 aliphatic heterocycles. The molecule has 57 heavy (non-hydrogen) atoms. The van der Waals surface area contributed by atoms with Crippen LogP contribution in [0.4, 0.5) is 17.1 Å². The van der Waals surface area contributed by atoms with Crippen LogP contribution < -0.4 is 4.90 Å². The predicted octanol–water partition coefficient (Wildman–Crippen LogP) is 15.4. The van der Waals surface area contributed by atoms with Crippen molar-refractivity contribution in [3.8, 4) is 44.5 Å². The molecule has 4 fully saturated rings. The van der Waals surface area contributed by atoms with Gasteiger partial charge in [0.05, 0.1) is 0 Å². The van der Waals surface area contributed by atoms with Gasteiger partial charge in [-0.1, -0.05) is 152 Å². The highest BCUT2D eigenvalue weighted by atomic mass is 15.1. The van der Waals surface area contributed by atoms with E-state index in [4.69, 9.17) is 0 Å². The first-order valence-electron chi connectivity index (χ1n) is 21.0. The summed E-state index contributed by atoms with van der Waals surface area (Å²) in [6.07, 6.45) is 8.72. The minimum Gasteiger partial charge on any atom is -0.311 e. The molecule has 4 bridgehead atoms. The van der Waals surface area contributed by atoms with Gasteiger partial charge in [0.2, 0.25) is 0 Å². The van der Waals surface area contributed by atoms with Gasteiger partial charge in [-0.2, -0.15) is 0 Å². The largest absolute Gasteiger partial charge is 0.311 e. The zero-order valence-electron chi connectivity index (χ0n) is 32.4. The zero-order valence-corrected chi connectivity index (χ0v) is 32.4. The number of nitrogens with zero attached hydrogens (tertiary/aromatic N) is 1. The van der Waals surface area contributed by atoms with E-state index in [1.165, 1.54) is 93.8 Å². The SMILES string of the molecule is c1ccc(-c2ccc(N(c3ccc(-c4ccccc4)cc3)c3ccc(-c4ccc5c(-c6ccc(C78CC9CC(CC(C9)C7)C8)cc6)cccc5c4)cc3)cc2)cc1. The lowest BCUT2D eigenvalue weighted by Gasteiger charge is -2.57. The Kier molecular flexibility index (Phi) is 8.43. The minimum absolute atomic E-state index is 0.438. The predicted molar refractivity (Wildman–Crippen MR) is 240 cm³/mol. The summed E-state index contributed by atoms with van der Waals surface area (Å²) in [6, 6.07) is 71.7. The van der Waals surface area contributed by atoms with Crippen LogP contribution in [-0.2, 0) is 5.41 Å². The van der Waals surface area contributed by atoms with E-state index in [0.717, 1.165) is 34.8 Å². The van der Waals surface area contributed by atoms with Gasteiger partial charge in [-0.05, 0) is 165 Å². The molecule has 0 atom stereocenters. The summed E-state index contributed by atoms with van der Waals surface area (Å²) in [5.74, 6) is 2.90. The summed E-state index contributed by atoms with van der Waals surface area (Å²) in [5, 5.41) is 2.59. The molecule has 0 aromatic heterocycles. The Morgan fingerprint density at radius 2 is 0.772 bits per heavy atom. The van der Waals surface area contributed by atoms with Crippen molar-refractivity contribution in [2.24, 2.45) is 17.8 Å². The van der Waals surface area contributed by atoms with E-state index in [1.54, 1.807) is 5.56 Å². The lowest BCUT2D eigenvalue weighted by atomic mass is 9.48. The Labute approximate surface area is 337 Å². The fourth-order valence-corrected chi connectivity index (χ4v) is 11.3. The molecule has 0 radical (unpaired) electrons. The summed E-state index contributed by atoms with van der Waals surface area (Å²) in [5.41, 5.74) is 15.4. The van der Waals surface area contributed by atoms with Crippen molar-refractivity contribution in [1.82, 2.24) is 0 Å². The van der Waals surface area contributed by atoms with Crippen LogP contribution >= 0.6 is 0 Å². The van der Waals surface area contributed by atoms with Gasteiger partial charge in [0.15, 0.2) is 0 Å². The number of benzene rings is 8. The molecule has 4 aliphatic carbocycles. The van der Waals surface area contributed by atoms with Crippen LogP contribution in [0.1, 0.15) is 44.1 Å². The molecule has 4 aliphatic rings. The van der Waals surface area contributed by atoms with Crippen LogP contribution in [0.2, 0.25) is 0 Å². The summed E-state index contributed by atoms with van der Waals surface area (Å²) >= 11 is 0. The molecular formula is C56H47N. The molecule has 0 saturated heterocycles. The molecule has 12 rings (SSSR count). The molecule has 1 heteroatoms. The lowest BCUT2D eigenvalue weighted by molar-refractivity contribution is -0.00518. The number of anilines is 3. The van der Waals surface area contributed by atoms with Gasteiger partial charge >= 0.3 is 0 Å². The molecule has 0 amide bonds. The third kappa shape index (κ3) is 6.36. The lowest BCUT2D eigenvalue weighted by Crippen LogP contribution is -2.48. The van der Waals surface area contributed by atoms with Gasteiger partial charge in [0.1, 0.15) is 0 Å². The first-order chi connectivity index (χ1) is 28.1. The Morgan fingerprint density at radius 1 is 0.351 bits per heavy atom. The second-order valence-electron chi connectivity index (χ2n) is 17.2. The van der Waals surface area contributed by atoms with Gasteiger partial charge in [-0.15, -0.1) is 0 Å². The molecular weight excluding hydrogens is 687 g/mol. The first kappa shape index (κ1) is 34.1. The third-order valence-corrected chi connectivity index (χ3v) is 13.7. The second-order valence-corrected chi connectivity index (χ2v) is 17.2. The highest BCUT2D eigenvalue weighted by Gasteiger charge is 2.51. The van der Waals surface area contributed by atoms with Gasteiger partial charge in [0.25, 0.3) is 0 Å². The number of fused-ring (bicyclic) bond motifs is 1. The quantitative estimate of drug-likeness (QED) is 0.150. The number of hydrogen-bond acceptors (Lipinski definition) is 1. The number of hydrogen-bond donors (Lipinski definition) is 0. The smallest absolute Gasteiger partial charge is 0.0462 e. The van der Waals surface area contributed by atoms with Crippen molar-refractivity contribution in [2.75, 3.05) is 4.90 Å². The zero-order chi connectivity index (χ0) is 37.8. The summed E-state index contributed by atoms with van der Waals surface area (Å²) in [7, 11) is 0. The molecule has 0 unspecified atom stereocenters. The van der Waals surface area contributed by atoms with Crippen LogP contribution in [-0.4, -0.2) is 0 Å². The Balaban J connectivity index is 0.887. The average molecular weight is 734 g/mol. The van der Waals surface area contributed by atoms with Gasteiger partial charge in [-0.3, -0.25) is 0 Å². The normalized spacial score (nSPS) is 20.8. The van der Waals surface area contributed by atoms with E-state index in [0.29, 0.717) is 5.41 Å². The highest BCUT2D eigenvalue weighted by Crippen LogP contribution is 2.60. The first-order valence-corrected chi connectivity index (χ1v) is 21.0. The summed E-state index contributed by atoms with van der Waals surface area (Å²) in [6.45, 7) is 0. The number of rotatable bonds is 8. The van der Waals surface area contributed by atoms with E-state index < -0.39 is 0 Å². The molecule has 4 saturated carbocycles. The topological polar surface area (TPSA) is 3.24 Å². The van der Waals surface area contributed by atoms with E-state index in [9.17, 15) is 0 Å². The Bertz CT molecular complexity index is 2540. The molecule has 8 aromatic rings. The molecule has 0 heterocycles. The van der Waals surface area contributed by atoms with Crippen molar-refractivity contribution in [3.63, 3.8) is 0 Å². The second kappa shape index (κ2) is 14.1. The van der Waals surface area contributed by atoms with Crippen molar-refractivity contribution < 1.29 is 0 Å². The van der Waals surface area contributed by atoms with Gasteiger partial charge < -0.3 is 4.90 Å². The Morgan fingerprint density at radius 3 is 1.26 bits per heavy atom. The van der Waals surface area contributed by atoms with Gasteiger partial charge in [0, 0.05) is 17.1 Å². The van der Waals surface area contributed by atoms with Crippen LogP contribution in [0, 0.1) is 17.8 Å². The maximum Gasteiger partial charge on any atom is 0.0462 e. The van der Waals surface area contributed by atoms with Crippen molar-refractivity contribution >= 4 is 27.8 Å². The van der Waals surface area contributed by atoms with Gasteiger partial charge in [-0.25, -0.2) is 0 Å². The van der Waals surface area contributed by atoms with Crippen molar-refractivity contribution in [3.05, 3.63) is 200 Å². The average Bonchev–Trinajstić information content (AvgIpc) is 3.27. The highest BCUT2D eigenvalue weighted by molar-refractivity contribution is 5.99. The van der Waals surface area contributed by atoms with Crippen molar-refractivity contribution in [2.45, 2.75) is 43.9 Å². The molecule has 8 aromatic carbocycles. The minimum atomic E-state index is 0.438. The molecule has 0 N–H and O–H groups in total. The summed E-state index contributed by atoms with van der Waals surface area (Å²) < 4.78 is 0. The molecule has 1 nitrogen and oxygen atoms in total. The maximum absolute atomic E-state index is 2.48. The van der Waals surface area contributed by atoms with E-state index in [2.05, 4.69) is 199 Å². The third-order valence-electron chi connectivity index (χ3n) is 13.7. The monoisotopic (exact) mass is 733 g/mol. The molecule has 0 spiro atoms. The van der Waals surface area contributed by atoms with Crippen LogP contribution in [0.25, 0.3) is 55.3 Å². The fourth-order valence-electron chi connectivity index (χ4n) is 11.3. The fraction of sp³-hybridized carbons (Fsp3) is 0.179. The van der Waals surface area contributed by atoms with E-state index in [1.807, 2.05) is 0 Å². The van der Waals surface area contributed by atoms with Crippen LogP contribution in [0.15, 0.2) is 194 Å². The van der Waals surface area contributed by atoms with E-state index in [-0.39, 0.29) is 0 Å². The molecule has 276 valence electrons. The standard InChI is InChI=1S/C56H47N/c1-3-8-42(9-4-1)44-16-25-51(26-17-44)57(52-27-18-45(19-28-52)43-10-5-2-6-11-43)53-29-20-46(21-30-53)48-22-31-55-49(35-48)12-7-13-54(55)47-14-23-50(24-15-47)56-36-39-32-40(37-56)34-41(33-39)38-56/h1-31,35,39-41H,32-34,36-38H2. The van der Waals surface area contributed by atoms with Crippen LogP contribution in [0.3, 0.4) is 0 Å². The van der Waals surface area contributed by atoms with Crippen LogP contribution in [0.5, 0.6) is 0 Å². The maximum atomic E-state index is 2.48.